The Balaban J connectivity index is 1.28. The van der Waals surface area contributed by atoms with Crippen LogP contribution in [-0.4, -0.2) is 51.1 Å². The summed E-state index contributed by atoms with van der Waals surface area (Å²) in [5.41, 5.74) is 0.956. The van der Waals surface area contributed by atoms with Crippen molar-refractivity contribution in [1.29, 1.82) is 0 Å². The minimum atomic E-state index is -4.55. The predicted octanol–water partition coefficient (Wildman–Crippen LogP) is 6.70. The molecule has 1 heterocycles. The third-order valence-electron chi connectivity index (χ3n) is 8.42. The normalized spacial score (nSPS) is 17.0. The molecule has 4 aromatic carbocycles. The second-order valence-corrected chi connectivity index (χ2v) is 13.7. The fraction of sp³-hybridized carbons (Fsp3) is 0.324. The van der Waals surface area contributed by atoms with Crippen LogP contribution < -0.4 is 14.8 Å². The first-order valence-electron chi connectivity index (χ1n) is 15.1. The van der Waals surface area contributed by atoms with E-state index >= 15 is 8.78 Å². The highest BCUT2D eigenvalue weighted by Crippen LogP contribution is 2.36. The molecule has 1 saturated carbocycles. The molecule has 1 amide bonds. The van der Waals surface area contributed by atoms with Gasteiger partial charge in [0.05, 0.1) is 17.7 Å². The van der Waals surface area contributed by atoms with Crippen LogP contribution in [0.2, 0.25) is 5.02 Å². The Morgan fingerprint density at radius 3 is 2.22 bits per heavy atom. The van der Waals surface area contributed by atoms with E-state index in [1.54, 1.807) is 42.5 Å². The molecule has 2 aliphatic rings. The zero-order valence-corrected chi connectivity index (χ0v) is 26.1. The van der Waals surface area contributed by atoms with Crippen LogP contribution in [0.3, 0.4) is 0 Å². The van der Waals surface area contributed by atoms with Crippen molar-refractivity contribution < 1.29 is 26.7 Å². The van der Waals surface area contributed by atoms with Gasteiger partial charge >= 0.3 is 0 Å². The van der Waals surface area contributed by atoms with Crippen molar-refractivity contribution in [1.82, 2.24) is 14.9 Å². The Hall–Kier alpha value is -3.57. The van der Waals surface area contributed by atoms with Crippen LogP contribution in [0.15, 0.2) is 89.8 Å². The second-order valence-electron chi connectivity index (χ2n) is 11.6. The van der Waals surface area contributed by atoms with Crippen molar-refractivity contribution in [2.24, 2.45) is 0 Å². The Morgan fingerprint density at radius 2 is 1.56 bits per heavy atom. The lowest BCUT2D eigenvalue weighted by atomic mass is 9.97. The van der Waals surface area contributed by atoms with Gasteiger partial charge in [-0.25, -0.2) is 8.42 Å². The van der Waals surface area contributed by atoms with Gasteiger partial charge in [0.1, 0.15) is 5.75 Å². The molecule has 1 unspecified atom stereocenters. The van der Waals surface area contributed by atoms with Crippen LogP contribution in [-0.2, 0) is 20.7 Å². The van der Waals surface area contributed by atoms with E-state index < -0.39 is 33.5 Å². The summed E-state index contributed by atoms with van der Waals surface area (Å²) in [6.07, 6.45) is 5.02. The summed E-state index contributed by atoms with van der Waals surface area (Å²) in [6.45, 7) is 0.911. The molecule has 4 aromatic rings. The van der Waals surface area contributed by atoms with E-state index in [-0.39, 0.29) is 24.2 Å². The van der Waals surface area contributed by atoms with Crippen molar-refractivity contribution in [2.45, 2.75) is 55.1 Å². The minimum Gasteiger partial charge on any atom is -0.490 e. The zero-order chi connectivity index (χ0) is 31.6. The summed E-state index contributed by atoms with van der Waals surface area (Å²) < 4.78 is 68.0. The number of carbonyl (C=O) groups excluding carboxylic acids is 1. The lowest BCUT2D eigenvalue weighted by molar-refractivity contribution is -0.145. The number of fused-ring (bicyclic) bond motifs is 1. The molecule has 0 aromatic heterocycles. The number of amides is 1. The molecule has 2 fully saturated rings. The van der Waals surface area contributed by atoms with E-state index in [1.807, 2.05) is 6.07 Å². The standard InChI is InChI=1S/C34H34ClF2N3O4S/c35-28-14-8-24(9-15-28)23-6-12-27(13-7-23)34(36,37)32(33(41)40-19-3-18-38-22-40)39-45(42,43)31-17-11-25-20-30(16-10-26(25)21-31)44-29-4-1-2-5-29/h6-17,20-21,29,32,38-39H,1-5,18-19,22H2. The first kappa shape index (κ1) is 31.4. The van der Waals surface area contributed by atoms with Gasteiger partial charge in [0.2, 0.25) is 15.9 Å². The number of ether oxygens (including phenoxy) is 1. The van der Waals surface area contributed by atoms with Crippen LogP contribution in [0.5, 0.6) is 5.75 Å². The van der Waals surface area contributed by atoms with Gasteiger partial charge in [-0.2, -0.15) is 13.5 Å². The number of hydrogen-bond acceptors (Lipinski definition) is 5. The molecule has 1 atom stereocenters. The number of sulfonamides is 1. The molecule has 0 bridgehead atoms. The predicted molar refractivity (Wildman–Crippen MR) is 171 cm³/mol. The van der Waals surface area contributed by atoms with E-state index in [9.17, 15) is 13.2 Å². The maximum atomic E-state index is 16.3. The topological polar surface area (TPSA) is 87.7 Å². The molecule has 45 heavy (non-hydrogen) atoms. The number of benzene rings is 4. The first-order chi connectivity index (χ1) is 21.6. The number of nitrogens with zero attached hydrogens (tertiary/aromatic N) is 1. The fourth-order valence-electron chi connectivity index (χ4n) is 5.90. The highest BCUT2D eigenvalue weighted by atomic mass is 35.5. The largest absolute Gasteiger partial charge is 0.490 e. The molecule has 7 nitrogen and oxygen atoms in total. The first-order valence-corrected chi connectivity index (χ1v) is 16.9. The van der Waals surface area contributed by atoms with Crippen molar-refractivity contribution >= 4 is 38.3 Å². The molecule has 2 N–H and O–H groups in total. The highest BCUT2D eigenvalue weighted by Gasteiger charge is 2.49. The zero-order valence-electron chi connectivity index (χ0n) is 24.5. The van der Waals surface area contributed by atoms with Crippen LogP contribution >= 0.6 is 11.6 Å². The maximum absolute atomic E-state index is 16.3. The fourth-order valence-corrected chi connectivity index (χ4v) is 7.25. The van der Waals surface area contributed by atoms with Gasteiger partial charge in [0.15, 0.2) is 6.04 Å². The highest BCUT2D eigenvalue weighted by molar-refractivity contribution is 7.89. The third-order valence-corrected chi connectivity index (χ3v) is 10.1. The average Bonchev–Trinajstić information content (AvgIpc) is 3.57. The summed E-state index contributed by atoms with van der Waals surface area (Å²) >= 11 is 5.97. The van der Waals surface area contributed by atoms with Gasteiger partial charge in [-0.15, -0.1) is 0 Å². The molecule has 11 heteroatoms. The van der Waals surface area contributed by atoms with Crippen molar-refractivity contribution in [3.05, 3.63) is 95.5 Å². The molecular weight excluding hydrogens is 620 g/mol. The van der Waals surface area contributed by atoms with Crippen molar-refractivity contribution in [3.8, 4) is 16.9 Å². The Kier molecular flexibility index (Phi) is 9.10. The smallest absolute Gasteiger partial charge is 0.298 e. The van der Waals surface area contributed by atoms with Crippen LogP contribution in [0.25, 0.3) is 21.9 Å². The number of nitrogens with one attached hydrogen (secondary N) is 2. The van der Waals surface area contributed by atoms with E-state index in [0.717, 1.165) is 36.6 Å². The van der Waals surface area contributed by atoms with Crippen LogP contribution in [0.1, 0.15) is 37.7 Å². The minimum absolute atomic E-state index is 0.0455. The molecule has 1 saturated heterocycles. The van der Waals surface area contributed by atoms with Gasteiger partial charge in [0, 0.05) is 17.1 Å². The third kappa shape index (κ3) is 6.99. The molecule has 0 radical (unpaired) electrons. The summed E-state index contributed by atoms with van der Waals surface area (Å²) in [5.74, 6) is -4.18. The Labute approximate surface area is 266 Å². The molecule has 6 rings (SSSR count). The summed E-state index contributed by atoms with van der Waals surface area (Å²) in [5, 5.41) is 4.90. The monoisotopic (exact) mass is 653 g/mol. The maximum Gasteiger partial charge on any atom is 0.298 e. The van der Waals surface area contributed by atoms with Gasteiger partial charge < -0.3 is 9.64 Å². The summed E-state index contributed by atoms with van der Waals surface area (Å²) in [4.78, 5) is 14.6. The molecular formula is C34H34ClF2N3O4S. The van der Waals surface area contributed by atoms with E-state index in [2.05, 4.69) is 10.0 Å². The second kappa shape index (κ2) is 13.0. The SMILES string of the molecule is O=C(C(NS(=O)(=O)c1ccc2cc(OC3CCCC3)ccc2c1)C(F)(F)c1ccc(-c2ccc(Cl)cc2)cc1)N1CCCNC1. The number of alkyl halides is 2. The van der Waals surface area contributed by atoms with Crippen LogP contribution in [0.4, 0.5) is 8.78 Å². The summed E-state index contributed by atoms with van der Waals surface area (Å²) in [6, 6.07) is 19.8. The lowest BCUT2D eigenvalue weighted by Gasteiger charge is -2.34. The number of carbonyl (C=O) groups is 1. The van der Waals surface area contributed by atoms with E-state index in [0.29, 0.717) is 34.7 Å². The number of halogens is 3. The lowest BCUT2D eigenvalue weighted by Crippen LogP contribution is -2.58. The molecule has 1 aliphatic heterocycles. The van der Waals surface area contributed by atoms with Gasteiger partial charge in [-0.1, -0.05) is 60.1 Å². The quantitative estimate of drug-likeness (QED) is 0.210. The van der Waals surface area contributed by atoms with Crippen molar-refractivity contribution in [3.63, 3.8) is 0 Å². The molecule has 236 valence electrons. The van der Waals surface area contributed by atoms with Gasteiger partial charge in [-0.3, -0.25) is 10.1 Å². The molecule has 1 aliphatic carbocycles. The van der Waals surface area contributed by atoms with E-state index in [4.69, 9.17) is 16.3 Å². The van der Waals surface area contributed by atoms with Crippen LogP contribution in [0, 0.1) is 0 Å². The number of hydrogen-bond donors (Lipinski definition) is 2. The summed E-state index contributed by atoms with van der Waals surface area (Å²) in [7, 11) is -4.55. The van der Waals surface area contributed by atoms with Crippen molar-refractivity contribution in [2.75, 3.05) is 19.8 Å². The van der Waals surface area contributed by atoms with E-state index in [1.165, 1.54) is 41.3 Å². The Morgan fingerprint density at radius 1 is 0.911 bits per heavy atom. The van der Waals surface area contributed by atoms with Gasteiger partial charge in [0.25, 0.3) is 5.92 Å². The number of rotatable bonds is 9. The molecule has 0 spiro atoms. The Bertz CT molecular complexity index is 1770. The average molecular weight is 654 g/mol. The van der Waals surface area contributed by atoms with Gasteiger partial charge in [-0.05, 0) is 96.9 Å².